The number of ketones is 1. The first-order valence-corrected chi connectivity index (χ1v) is 9.09. The fraction of sp³-hybridized carbons (Fsp3) is 0.182. The van der Waals surface area contributed by atoms with Gasteiger partial charge in [0.1, 0.15) is 0 Å². The van der Waals surface area contributed by atoms with Gasteiger partial charge in [-0.05, 0) is 24.8 Å². The van der Waals surface area contributed by atoms with Gasteiger partial charge in [-0.25, -0.2) is 4.98 Å². The summed E-state index contributed by atoms with van der Waals surface area (Å²) in [6.07, 6.45) is 2.91. The average Bonchev–Trinajstić information content (AvgIpc) is 3.13. The Hall–Kier alpha value is -3.34. The van der Waals surface area contributed by atoms with Crippen LogP contribution < -0.4 is 0 Å². The van der Waals surface area contributed by atoms with Crippen molar-refractivity contribution in [3.8, 4) is 11.4 Å². The van der Waals surface area contributed by atoms with Gasteiger partial charge in [-0.1, -0.05) is 60.2 Å². The number of aryl methyl sites for hydroxylation is 1. The summed E-state index contributed by atoms with van der Waals surface area (Å²) in [7, 11) is 0. The number of carbonyl (C=O) groups excluding carboxylic acids is 1. The van der Waals surface area contributed by atoms with E-state index in [4.69, 9.17) is 0 Å². The minimum atomic E-state index is 0.119. The van der Waals surface area contributed by atoms with Crippen molar-refractivity contribution in [1.82, 2.24) is 19.6 Å². The number of hydrogen-bond donors (Lipinski definition) is 0. The SMILES string of the molecule is Cc1cccc(C2CC(=O)c3cnc4nc(-c5ccccc5)nn4c3C2)c1. The molecule has 2 aromatic heterocycles. The van der Waals surface area contributed by atoms with Crippen LogP contribution in [0.15, 0.2) is 60.8 Å². The second-order valence-corrected chi connectivity index (χ2v) is 7.07. The van der Waals surface area contributed by atoms with Gasteiger partial charge in [0.2, 0.25) is 0 Å². The molecule has 1 aliphatic carbocycles. The maximum atomic E-state index is 12.8. The molecule has 1 unspecified atom stereocenters. The second kappa shape index (κ2) is 6.13. The van der Waals surface area contributed by atoms with E-state index in [9.17, 15) is 4.79 Å². The Labute approximate surface area is 156 Å². The van der Waals surface area contributed by atoms with Crippen LogP contribution in [0, 0.1) is 6.92 Å². The molecule has 0 radical (unpaired) electrons. The van der Waals surface area contributed by atoms with Gasteiger partial charge in [-0.15, -0.1) is 5.10 Å². The number of aromatic nitrogens is 4. The highest BCUT2D eigenvalue weighted by Crippen LogP contribution is 2.33. The largest absolute Gasteiger partial charge is 0.294 e. The molecular formula is C22H18N4O. The van der Waals surface area contributed by atoms with E-state index < -0.39 is 0 Å². The van der Waals surface area contributed by atoms with Crippen molar-refractivity contribution in [2.75, 3.05) is 0 Å². The Bertz CT molecular complexity index is 1160. The van der Waals surface area contributed by atoms with Crippen LogP contribution in [0.4, 0.5) is 0 Å². The highest BCUT2D eigenvalue weighted by atomic mass is 16.1. The minimum Gasteiger partial charge on any atom is -0.294 e. The number of nitrogens with zero attached hydrogens (tertiary/aromatic N) is 4. The summed E-state index contributed by atoms with van der Waals surface area (Å²) in [5.74, 6) is 1.43. The lowest BCUT2D eigenvalue weighted by molar-refractivity contribution is 0.0962. The van der Waals surface area contributed by atoms with Crippen molar-refractivity contribution in [1.29, 1.82) is 0 Å². The van der Waals surface area contributed by atoms with Crippen LogP contribution in [0.3, 0.4) is 0 Å². The van der Waals surface area contributed by atoms with Crippen LogP contribution in [0.2, 0.25) is 0 Å². The summed E-state index contributed by atoms with van der Waals surface area (Å²) in [4.78, 5) is 21.7. The third-order valence-electron chi connectivity index (χ3n) is 5.18. The molecule has 4 aromatic rings. The third kappa shape index (κ3) is 2.72. The average molecular weight is 354 g/mol. The normalized spacial score (nSPS) is 16.5. The van der Waals surface area contributed by atoms with Crippen molar-refractivity contribution >= 4 is 11.6 Å². The Kier molecular flexibility index (Phi) is 3.60. The molecule has 27 heavy (non-hydrogen) atoms. The highest BCUT2D eigenvalue weighted by molar-refractivity contribution is 5.98. The third-order valence-corrected chi connectivity index (χ3v) is 5.18. The zero-order chi connectivity index (χ0) is 18.4. The fourth-order valence-corrected chi connectivity index (χ4v) is 3.82. The molecule has 5 heteroatoms. The predicted octanol–water partition coefficient (Wildman–Crippen LogP) is 4.01. The van der Waals surface area contributed by atoms with Gasteiger partial charge in [0.05, 0.1) is 11.3 Å². The highest BCUT2D eigenvalue weighted by Gasteiger charge is 2.29. The lowest BCUT2D eigenvalue weighted by Crippen LogP contribution is -2.22. The molecule has 5 rings (SSSR count). The van der Waals surface area contributed by atoms with Crippen molar-refractivity contribution in [2.24, 2.45) is 0 Å². The zero-order valence-corrected chi connectivity index (χ0v) is 15.0. The standard InChI is InChI=1S/C22H18N4O/c1-14-6-5-9-16(10-14)17-11-19-18(20(27)12-17)13-23-22-24-21(25-26(19)22)15-7-3-2-4-8-15/h2-10,13,17H,11-12H2,1H3. The molecule has 2 aromatic carbocycles. The first-order valence-electron chi connectivity index (χ1n) is 9.09. The van der Waals surface area contributed by atoms with E-state index in [0.717, 1.165) is 17.7 Å². The molecule has 5 nitrogen and oxygen atoms in total. The van der Waals surface area contributed by atoms with Gasteiger partial charge in [0, 0.05) is 18.2 Å². The van der Waals surface area contributed by atoms with Crippen molar-refractivity contribution in [2.45, 2.75) is 25.7 Å². The van der Waals surface area contributed by atoms with Gasteiger partial charge < -0.3 is 0 Å². The molecule has 2 heterocycles. The molecule has 132 valence electrons. The summed E-state index contributed by atoms with van der Waals surface area (Å²) in [6.45, 7) is 2.08. The molecule has 0 spiro atoms. The molecule has 0 fully saturated rings. The van der Waals surface area contributed by atoms with E-state index in [1.807, 2.05) is 30.3 Å². The van der Waals surface area contributed by atoms with E-state index in [0.29, 0.717) is 23.6 Å². The number of benzene rings is 2. The monoisotopic (exact) mass is 354 g/mol. The predicted molar refractivity (Wildman–Crippen MR) is 103 cm³/mol. The topological polar surface area (TPSA) is 60.2 Å². The van der Waals surface area contributed by atoms with Gasteiger partial charge in [0.25, 0.3) is 5.78 Å². The number of fused-ring (bicyclic) bond motifs is 3. The first kappa shape index (κ1) is 15.9. The molecule has 0 amide bonds. The van der Waals surface area contributed by atoms with Crippen LogP contribution in [0.5, 0.6) is 0 Å². The van der Waals surface area contributed by atoms with E-state index >= 15 is 0 Å². The summed E-state index contributed by atoms with van der Waals surface area (Å²) >= 11 is 0. The van der Waals surface area contributed by atoms with Gasteiger partial charge in [-0.2, -0.15) is 9.50 Å². The van der Waals surface area contributed by atoms with E-state index in [2.05, 4.69) is 46.3 Å². The molecular weight excluding hydrogens is 336 g/mol. The van der Waals surface area contributed by atoms with Gasteiger partial charge in [0.15, 0.2) is 11.6 Å². The quantitative estimate of drug-likeness (QED) is 0.546. The Balaban J connectivity index is 1.62. The van der Waals surface area contributed by atoms with Gasteiger partial charge in [-0.3, -0.25) is 4.79 Å². The maximum absolute atomic E-state index is 12.8. The van der Waals surface area contributed by atoms with Crippen LogP contribution >= 0.6 is 0 Å². The smallest absolute Gasteiger partial charge is 0.252 e. The summed E-state index contributed by atoms with van der Waals surface area (Å²) in [5.41, 5.74) is 4.91. The Morgan fingerprint density at radius 1 is 1.04 bits per heavy atom. The number of Topliss-reactive ketones (excluding diaryl/α,β-unsaturated/α-hetero) is 1. The molecule has 0 N–H and O–H groups in total. The van der Waals surface area contributed by atoms with Gasteiger partial charge >= 0.3 is 0 Å². The van der Waals surface area contributed by atoms with Crippen LogP contribution in [-0.4, -0.2) is 25.4 Å². The molecule has 0 saturated heterocycles. The fourth-order valence-electron chi connectivity index (χ4n) is 3.82. The second-order valence-electron chi connectivity index (χ2n) is 7.07. The summed E-state index contributed by atoms with van der Waals surface area (Å²) < 4.78 is 1.75. The molecule has 1 aliphatic rings. The van der Waals surface area contributed by atoms with Crippen molar-refractivity contribution < 1.29 is 4.79 Å². The lowest BCUT2D eigenvalue weighted by Gasteiger charge is -2.24. The minimum absolute atomic E-state index is 0.119. The lowest BCUT2D eigenvalue weighted by atomic mass is 9.82. The zero-order valence-electron chi connectivity index (χ0n) is 15.0. The Morgan fingerprint density at radius 2 is 1.89 bits per heavy atom. The number of carbonyl (C=O) groups is 1. The maximum Gasteiger partial charge on any atom is 0.252 e. The van der Waals surface area contributed by atoms with E-state index in [1.165, 1.54) is 11.1 Å². The molecule has 0 bridgehead atoms. The summed E-state index contributed by atoms with van der Waals surface area (Å²) in [6, 6.07) is 18.2. The molecule has 1 atom stereocenters. The van der Waals surface area contributed by atoms with E-state index in [-0.39, 0.29) is 11.7 Å². The van der Waals surface area contributed by atoms with E-state index in [1.54, 1.807) is 10.7 Å². The first-order chi connectivity index (χ1) is 13.2. The number of hydrogen-bond acceptors (Lipinski definition) is 4. The van der Waals surface area contributed by atoms with Crippen LogP contribution in [0.25, 0.3) is 17.2 Å². The molecule has 0 saturated carbocycles. The van der Waals surface area contributed by atoms with Crippen LogP contribution in [-0.2, 0) is 6.42 Å². The summed E-state index contributed by atoms with van der Waals surface area (Å²) in [5, 5.41) is 4.67. The van der Waals surface area contributed by atoms with Crippen molar-refractivity contribution in [3.05, 3.63) is 83.2 Å². The number of rotatable bonds is 2. The Morgan fingerprint density at radius 3 is 2.70 bits per heavy atom. The van der Waals surface area contributed by atoms with Crippen molar-refractivity contribution in [3.63, 3.8) is 0 Å². The molecule has 0 aliphatic heterocycles. The van der Waals surface area contributed by atoms with Crippen LogP contribution in [0.1, 0.15) is 39.5 Å².